The fraction of sp³-hybridized carbons (Fsp3) is 0.867. The molecule has 0 heterocycles. The van der Waals surface area contributed by atoms with Crippen LogP contribution < -0.4 is 5.32 Å². The van der Waals surface area contributed by atoms with Crippen molar-refractivity contribution in [2.45, 2.75) is 58.8 Å². The van der Waals surface area contributed by atoms with Gasteiger partial charge < -0.3 is 5.32 Å². The minimum Gasteiger partial charge on any atom is -0.316 e. The van der Waals surface area contributed by atoms with Gasteiger partial charge in [-0.25, -0.2) is 0 Å². The van der Waals surface area contributed by atoms with Crippen LogP contribution in [0.25, 0.3) is 0 Å². The maximum absolute atomic E-state index is 4.09. The van der Waals surface area contributed by atoms with Crippen LogP contribution in [0.2, 0.25) is 0 Å². The van der Waals surface area contributed by atoms with Crippen molar-refractivity contribution in [1.29, 1.82) is 0 Å². The van der Waals surface area contributed by atoms with Gasteiger partial charge in [-0.3, -0.25) is 0 Å². The normalized spacial score (nSPS) is 26.4. The Hall–Kier alpha value is -0.300. The third-order valence-corrected chi connectivity index (χ3v) is 3.76. The third-order valence-electron chi connectivity index (χ3n) is 3.76. The molecule has 1 aliphatic rings. The van der Waals surface area contributed by atoms with Crippen LogP contribution in [0.15, 0.2) is 12.2 Å². The van der Waals surface area contributed by atoms with E-state index in [1.54, 1.807) is 0 Å². The molecule has 0 saturated heterocycles. The van der Waals surface area contributed by atoms with Crippen molar-refractivity contribution in [2.24, 2.45) is 11.8 Å². The Labute approximate surface area is 102 Å². The van der Waals surface area contributed by atoms with Gasteiger partial charge in [-0.2, -0.15) is 0 Å². The molecule has 0 spiro atoms. The van der Waals surface area contributed by atoms with Crippen molar-refractivity contribution in [3.8, 4) is 0 Å². The van der Waals surface area contributed by atoms with E-state index in [1.807, 2.05) is 0 Å². The van der Waals surface area contributed by atoms with E-state index in [1.165, 1.54) is 63.6 Å². The summed E-state index contributed by atoms with van der Waals surface area (Å²) in [6.07, 6.45) is 9.65. The van der Waals surface area contributed by atoms with E-state index < -0.39 is 0 Å². The van der Waals surface area contributed by atoms with Gasteiger partial charge in [-0.15, -0.1) is 6.58 Å². The maximum atomic E-state index is 4.09. The summed E-state index contributed by atoms with van der Waals surface area (Å²) in [7, 11) is 0. The van der Waals surface area contributed by atoms with Gasteiger partial charge in [0.25, 0.3) is 0 Å². The highest BCUT2D eigenvalue weighted by Crippen LogP contribution is 2.32. The summed E-state index contributed by atoms with van der Waals surface area (Å²) in [4.78, 5) is 0. The monoisotopic (exact) mass is 223 g/mol. The Morgan fingerprint density at radius 2 is 1.88 bits per heavy atom. The van der Waals surface area contributed by atoms with Gasteiger partial charge in [0.2, 0.25) is 0 Å². The average Bonchev–Trinajstić information content (AvgIpc) is 2.44. The molecule has 2 atom stereocenters. The molecule has 1 rings (SSSR count). The largest absolute Gasteiger partial charge is 0.316 e. The molecule has 2 unspecified atom stereocenters. The molecule has 0 aromatic heterocycles. The summed E-state index contributed by atoms with van der Waals surface area (Å²) < 4.78 is 0. The molecule has 16 heavy (non-hydrogen) atoms. The lowest BCUT2D eigenvalue weighted by molar-refractivity contribution is 0.298. The zero-order valence-corrected chi connectivity index (χ0v) is 11.2. The number of hydrogen-bond donors (Lipinski definition) is 1. The lowest BCUT2D eigenvalue weighted by atomic mass is 9.83. The second-order valence-electron chi connectivity index (χ2n) is 5.52. The summed E-state index contributed by atoms with van der Waals surface area (Å²) >= 11 is 0. The molecule has 0 bridgehead atoms. The molecular weight excluding hydrogens is 194 g/mol. The lowest BCUT2D eigenvalue weighted by Crippen LogP contribution is -2.28. The summed E-state index contributed by atoms with van der Waals surface area (Å²) in [6.45, 7) is 10.9. The minimum absolute atomic E-state index is 0.893. The van der Waals surface area contributed by atoms with Crippen LogP contribution in [0.1, 0.15) is 58.8 Å². The second kappa shape index (κ2) is 7.89. The SMILES string of the molecule is C=C(C)CC1CCCCCC1CNCCC. The van der Waals surface area contributed by atoms with Crippen LogP contribution in [-0.4, -0.2) is 13.1 Å². The zero-order chi connectivity index (χ0) is 11.8. The predicted molar refractivity (Wildman–Crippen MR) is 72.7 cm³/mol. The number of rotatable bonds is 6. The van der Waals surface area contributed by atoms with Gasteiger partial charge in [0.15, 0.2) is 0 Å². The molecule has 1 N–H and O–H groups in total. The summed E-state index contributed by atoms with van der Waals surface area (Å²) in [6, 6.07) is 0. The van der Waals surface area contributed by atoms with E-state index >= 15 is 0 Å². The molecule has 94 valence electrons. The Morgan fingerprint density at radius 3 is 2.50 bits per heavy atom. The molecule has 0 aromatic rings. The second-order valence-corrected chi connectivity index (χ2v) is 5.52. The summed E-state index contributed by atoms with van der Waals surface area (Å²) in [5.74, 6) is 1.79. The van der Waals surface area contributed by atoms with Crippen LogP contribution in [0.4, 0.5) is 0 Å². The average molecular weight is 223 g/mol. The highest BCUT2D eigenvalue weighted by Gasteiger charge is 2.22. The first kappa shape index (κ1) is 13.8. The van der Waals surface area contributed by atoms with Crippen molar-refractivity contribution in [1.82, 2.24) is 5.32 Å². The van der Waals surface area contributed by atoms with Gasteiger partial charge in [0.05, 0.1) is 0 Å². The Kier molecular flexibility index (Phi) is 6.79. The first-order chi connectivity index (χ1) is 7.74. The van der Waals surface area contributed by atoms with Gasteiger partial charge in [0, 0.05) is 0 Å². The maximum Gasteiger partial charge on any atom is -0.00178 e. The van der Waals surface area contributed by atoms with Crippen molar-refractivity contribution in [2.75, 3.05) is 13.1 Å². The fourth-order valence-corrected chi connectivity index (χ4v) is 2.91. The molecular formula is C15H29N. The summed E-state index contributed by atoms with van der Waals surface area (Å²) in [5.41, 5.74) is 1.37. The number of nitrogens with one attached hydrogen (secondary N) is 1. The van der Waals surface area contributed by atoms with Gasteiger partial charge in [-0.1, -0.05) is 31.8 Å². The third kappa shape index (κ3) is 5.16. The standard InChI is InChI=1S/C15H29N/c1-4-10-16-12-15-9-7-5-6-8-14(15)11-13(2)3/h14-16H,2,4-12H2,1,3H3. The fourth-order valence-electron chi connectivity index (χ4n) is 2.91. The van der Waals surface area contributed by atoms with Gasteiger partial charge in [-0.05, 0) is 57.5 Å². The van der Waals surface area contributed by atoms with E-state index in [9.17, 15) is 0 Å². The molecule has 1 fully saturated rings. The smallest absolute Gasteiger partial charge is 0.00178 e. The van der Waals surface area contributed by atoms with Crippen LogP contribution in [0.3, 0.4) is 0 Å². The van der Waals surface area contributed by atoms with Crippen molar-refractivity contribution in [3.05, 3.63) is 12.2 Å². The van der Waals surface area contributed by atoms with E-state index in [-0.39, 0.29) is 0 Å². The topological polar surface area (TPSA) is 12.0 Å². The number of hydrogen-bond acceptors (Lipinski definition) is 1. The van der Waals surface area contributed by atoms with Gasteiger partial charge in [0.1, 0.15) is 0 Å². The molecule has 1 saturated carbocycles. The minimum atomic E-state index is 0.893. The quantitative estimate of drug-likeness (QED) is 0.405. The first-order valence-corrected chi connectivity index (χ1v) is 7.09. The van der Waals surface area contributed by atoms with Crippen LogP contribution >= 0.6 is 0 Å². The highest BCUT2D eigenvalue weighted by molar-refractivity contribution is 4.93. The zero-order valence-electron chi connectivity index (χ0n) is 11.2. The van der Waals surface area contributed by atoms with Crippen molar-refractivity contribution >= 4 is 0 Å². The number of allylic oxidation sites excluding steroid dienone is 1. The molecule has 0 amide bonds. The lowest BCUT2D eigenvalue weighted by Gasteiger charge is -2.25. The van der Waals surface area contributed by atoms with Crippen molar-refractivity contribution < 1.29 is 0 Å². The van der Waals surface area contributed by atoms with Crippen LogP contribution in [0.5, 0.6) is 0 Å². The highest BCUT2D eigenvalue weighted by atomic mass is 14.9. The van der Waals surface area contributed by atoms with E-state index in [4.69, 9.17) is 0 Å². The predicted octanol–water partition coefficient (Wildman–Crippen LogP) is 4.15. The Balaban J connectivity index is 2.41. The van der Waals surface area contributed by atoms with Crippen LogP contribution in [-0.2, 0) is 0 Å². The van der Waals surface area contributed by atoms with E-state index in [0.717, 1.165) is 11.8 Å². The Morgan fingerprint density at radius 1 is 1.19 bits per heavy atom. The molecule has 0 radical (unpaired) electrons. The van der Waals surface area contributed by atoms with Crippen LogP contribution in [0, 0.1) is 11.8 Å². The van der Waals surface area contributed by atoms with Gasteiger partial charge >= 0.3 is 0 Å². The summed E-state index contributed by atoms with van der Waals surface area (Å²) in [5, 5.41) is 3.61. The molecule has 0 aliphatic heterocycles. The molecule has 0 aromatic carbocycles. The first-order valence-electron chi connectivity index (χ1n) is 7.09. The van der Waals surface area contributed by atoms with E-state index in [2.05, 4.69) is 25.7 Å². The molecule has 1 heteroatoms. The molecule has 1 aliphatic carbocycles. The van der Waals surface area contributed by atoms with E-state index in [0.29, 0.717) is 0 Å². The molecule has 1 nitrogen and oxygen atoms in total. The Bertz CT molecular complexity index is 198. The van der Waals surface area contributed by atoms with Crippen molar-refractivity contribution in [3.63, 3.8) is 0 Å².